The Kier molecular flexibility index (Phi) is 4.86. The van der Waals surface area contributed by atoms with E-state index in [4.69, 9.17) is 11.6 Å². The Balaban J connectivity index is 1.85. The second-order valence-electron chi connectivity index (χ2n) is 7.02. The predicted molar refractivity (Wildman–Crippen MR) is 118 cm³/mol. The lowest BCUT2D eigenvalue weighted by Gasteiger charge is -2.01. The number of H-pyrrole nitrogens is 1. The summed E-state index contributed by atoms with van der Waals surface area (Å²) in [6.45, 7) is 1.70. The number of nitrogens with zero attached hydrogens (tertiary/aromatic N) is 5. The minimum Gasteiger partial charge on any atom is -0.295 e. The molecule has 0 radical (unpaired) electrons. The molecule has 4 aromatic rings. The van der Waals surface area contributed by atoms with E-state index in [1.165, 1.54) is 32.2 Å². The number of nitro benzene ring substituents is 1. The first kappa shape index (κ1) is 20.4. The van der Waals surface area contributed by atoms with Crippen LogP contribution < -0.4 is 11.2 Å². The first-order valence-electron chi connectivity index (χ1n) is 9.14. The van der Waals surface area contributed by atoms with E-state index in [1.54, 1.807) is 45.3 Å². The van der Waals surface area contributed by atoms with Crippen LogP contribution in [-0.4, -0.2) is 30.1 Å². The van der Waals surface area contributed by atoms with Crippen molar-refractivity contribution in [3.05, 3.63) is 83.6 Å². The number of halogens is 1. The lowest BCUT2D eigenvalue weighted by atomic mass is 10.2. The fourth-order valence-corrected chi connectivity index (χ4v) is 3.60. The molecule has 0 spiro atoms. The van der Waals surface area contributed by atoms with Crippen LogP contribution in [0, 0.1) is 17.0 Å². The van der Waals surface area contributed by atoms with Crippen LogP contribution in [0.4, 0.5) is 11.4 Å². The summed E-state index contributed by atoms with van der Waals surface area (Å²) in [5.74, 6) is 0. The molecule has 0 atom stereocenters. The molecule has 0 aliphatic carbocycles. The van der Waals surface area contributed by atoms with E-state index in [2.05, 4.69) is 10.1 Å². The summed E-state index contributed by atoms with van der Waals surface area (Å²) in [5.41, 5.74) is 1.32. The molecule has 2 aromatic carbocycles. The Morgan fingerprint density at radius 1 is 1.13 bits per heavy atom. The molecule has 0 saturated carbocycles. The second kappa shape index (κ2) is 7.40. The number of nitrogens with one attached hydrogen (secondary N) is 1. The zero-order valence-electron chi connectivity index (χ0n) is 16.8. The van der Waals surface area contributed by atoms with E-state index < -0.39 is 4.92 Å². The van der Waals surface area contributed by atoms with Crippen molar-refractivity contribution >= 4 is 40.2 Å². The highest BCUT2D eigenvalue weighted by Crippen LogP contribution is 2.31. The number of fused-ring (bicyclic) bond motifs is 1. The molecule has 2 aromatic heterocycles. The van der Waals surface area contributed by atoms with Crippen molar-refractivity contribution in [3.8, 4) is 5.69 Å². The maximum Gasteiger partial charge on any atom is 0.328 e. The minimum absolute atomic E-state index is 0.0352. The van der Waals surface area contributed by atoms with Crippen molar-refractivity contribution in [2.24, 2.45) is 19.1 Å². The monoisotopic (exact) mass is 440 g/mol. The first-order chi connectivity index (χ1) is 14.7. The maximum absolute atomic E-state index is 12.9. The van der Waals surface area contributed by atoms with Gasteiger partial charge in [-0.15, -0.1) is 0 Å². The number of hydrogen-bond donors (Lipinski definition) is 1. The van der Waals surface area contributed by atoms with Gasteiger partial charge in [0.25, 0.3) is 11.2 Å². The molecule has 2 heterocycles. The van der Waals surface area contributed by atoms with Gasteiger partial charge in [-0.05, 0) is 31.2 Å². The molecule has 11 heteroatoms. The molecule has 0 unspecified atom stereocenters. The normalized spacial score (nSPS) is 11.6. The van der Waals surface area contributed by atoms with Crippen LogP contribution in [0.15, 0.2) is 51.0 Å². The van der Waals surface area contributed by atoms with Gasteiger partial charge in [-0.25, -0.2) is 14.5 Å². The van der Waals surface area contributed by atoms with Gasteiger partial charge in [0.1, 0.15) is 5.69 Å². The Morgan fingerprint density at radius 2 is 1.81 bits per heavy atom. The number of rotatable bonds is 4. The van der Waals surface area contributed by atoms with Gasteiger partial charge in [0.15, 0.2) is 0 Å². The Morgan fingerprint density at radius 3 is 2.45 bits per heavy atom. The smallest absolute Gasteiger partial charge is 0.295 e. The van der Waals surface area contributed by atoms with Gasteiger partial charge in [0, 0.05) is 37.1 Å². The number of imidazole rings is 1. The third-order valence-electron chi connectivity index (χ3n) is 5.08. The number of aromatic amines is 1. The number of aromatic nitrogens is 4. The fraction of sp³-hybridized carbons (Fsp3) is 0.150. The Bertz CT molecular complexity index is 1500. The maximum atomic E-state index is 12.9. The minimum atomic E-state index is -0.572. The summed E-state index contributed by atoms with van der Waals surface area (Å²) in [5, 5.41) is 15.0. The van der Waals surface area contributed by atoms with Crippen molar-refractivity contribution < 1.29 is 4.92 Å². The molecule has 0 saturated heterocycles. The van der Waals surface area contributed by atoms with Gasteiger partial charge in [-0.2, -0.15) is 0 Å². The first-order valence-corrected chi connectivity index (χ1v) is 9.52. The highest BCUT2D eigenvalue weighted by atomic mass is 35.5. The summed E-state index contributed by atoms with van der Waals surface area (Å²) in [6, 6.07) is 9.53. The highest BCUT2D eigenvalue weighted by molar-refractivity contribution is 6.30. The van der Waals surface area contributed by atoms with Crippen LogP contribution in [-0.2, 0) is 14.1 Å². The van der Waals surface area contributed by atoms with Crippen LogP contribution in [0.25, 0.3) is 16.7 Å². The van der Waals surface area contributed by atoms with E-state index in [9.17, 15) is 19.7 Å². The third kappa shape index (κ3) is 3.36. The van der Waals surface area contributed by atoms with Crippen molar-refractivity contribution in [3.63, 3.8) is 0 Å². The molecular formula is C20H17ClN6O4. The van der Waals surface area contributed by atoms with E-state index in [1.807, 2.05) is 0 Å². The van der Waals surface area contributed by atoms with Crippen LogP contribution >= 0.6 is 11.6 Å². The fourth-order valence-electron chi connectivity index (χ4n) is 3.42. The van der Waals surface area contributed by atoms with Gasteiger partial charge >= 0.3 is 5.69 Å². The van der Waals surface area contributed by atoms with Crippen molar-refractivity contribution in [2.45, 2.75) is 6.92 Å². The zero-order chi connectivity index (χ0) is 22.4. The van der Waals surface area contributed by atoms with Gasteiger partial charge in [0.2, 0.25) is 0 Å². The summed E-state index contributed by atoms with van der Waals surface area (Å²) in [6.07, 6.45) is 1.28. The average molecular weight is 441 g/mol. The van der Waals surface area contributed by atoms with Gasteiger partial charge in [-0.3, -0.25) is 29.1 Å². The van der Waals surface area contributed by atoms with Crippen LogP contribution in [0.1, 0.15) is 11.3 Å². The van der Waals surface area contributed by atoms with E-state index >= 15 is 0 Å². The molecule has 0 fully saturated rings. The largest absolute Gasteiger partial charge is 0.328 e. The predicted octanol–water partition coefficient (Wildman–Crippen LogP) is 2.98. The van der Waals surface area contributed by atoms with E-state index in [0.717, 1.165) is 0 Å². The number of benzene rings is 2. The summed E-state index contributed by atoms with van der Waals surface area (Å²) in [4.78, 5) is 40.3. The SMILES string of the molecule is Cc1[nH]n(-c2cccc(Cl)c2)c(=O)c1C=Nc1cc2c(cc1[N+](=O)[O-])n(C)c(=O)n2C. The number of aryl methyl sites for hydroxylation is 3. The molecule has 0 aliphatic rings. The standard InChI is InChI=1S/C20H17ClN6O4/c1-11-14(19(28)26(23-11)13-6-4-5-12(21)7-13)10-22-15-8-17-18(9-16(15)27(30)31)25(3)20(29)24(17)2/h4-10,23H,1-3H3. The third-order valence-corrected chi connectivity index (χ3v) is 5.32. The summed E-state index contributed by atoms with van der Waals surface area (Å²) < 4.78 is 4.03. The second-order valence-corrected chi connectivity index (χ2v) is 7.45. The molecule has 0 amide bonds. The highest BCUT2D eigenvalue weighted by Gasteiger charge is 2.19. The summed E-state index contributed by atoms with van der Waals surface area (Å²) in [7, 11) is 3.11. The molecule has 158 valence electrons. The average Bonchev–Trinajstić information content (AvgIpc) is 3.13. The molecule has 31 heavy (non-hydrogen) atoms. The molecule has 1 N–H and O–H groups in total. The molecule has 0 bridgehead atoms. The lowest BCUT2D eigenvalue weighted by Crippen LogP contribution is -2.19. The van der Waals surface area contributed by atoms with E-state index in [0.29, 0.717) is 27.4 Å². The van der Waals surface area contributed by atoms with Crippen LogP contribution in [0.3, 0.4) is 0 Å². The van der Waals surface area contributed by atoms with Crippen molar-refractivity contribution in [1.82, 2.24) is 18.9 Å². The van der Waals surface area contributed by atoms with Gasteiger partial charge in [-0.1, -0.05) is 17.7 Å². The zero-order valence-corrected chi connectivity index (χ0v) is 17.5. The molecule has 10 nitrogen and oxygen atoms in total. The number of aliphatic imine (C=N–C) groups is 1. The van der Waals surface area contributed by atoms with Crippen LogP contribution in [0.5, 0.6) is 0 Å². The summed E-state index contributed by atoms with van der Waals surface area (Å²) >= 11 is 6.01. The number of nitro groups is 1. The van der Waals surface area contributed by atoms with Crippen molar-refractivity contribution in [1.29, 1.82) is 0 Å². The Hall–Kier alpha value is -3.92. The van der Waals surface area contributed by atoms with Gasteiger partial charge < -0.3 is 0 Å². The topological polar surface area (TPSA) is 120 Å². The van der Waals surface area contributed by atoms with Crippen LogP contribution in [0.2, 0.25) is 5.02 Å². The molecule has 0 aliphatic heterocycles. The molecular weight excluding hydrogens is 424 g/mol. The number of hydrogen-bond acceptors (Lipinski definition) is 5. The Labute approximate surface area is 179 Å². The lowest BCUT2D eigenvalue weighted by molar-refractivity contribution is -0.383. The molecule has 4 rings (SSSR count). The van der Waals surface area contributed by atoms with E-state index in [-0.39, 0.29) is 28.2 Å². The van der Waals surface area contributed by atoms with Gasteiger partial charge in [0.05, 0.1) is 27.2 Å². The van der Waals surface area contributed by atoms with Crippen molar-refractivity contribution in [2.75, 3.05) is 0 Å². The quantitative estimate of drug-likeness (QED) is 0.298.